The Morgan fingerprint density at radius 2 is 1.46 bits per heavy atom. The number of hydrogen-bond acceptors (Lipinski definition) is 9. The summed E-state index contributed by atoms with van der Waals surface area (Å²) in [5.41, 5.74) is 7.85. The predicted molar refractivity (Wildman–Crippen MR) is 174 cm³/mol. The summed E-state index contributed by atoms with van der Waals surface area (Å²) in [6, 6.07) is 0.0390. The highest BCUT2D eigenvalue weighted by Gasteiger charge is 2.41. The molecule has 0 aliphatic carbocycles. The lowest BCUT2D eigenvalue weighted by Gasteiger charge is -2.33. The number of rotatable bonds is 15. The number of benzene rings is 1. The van der Waals surface area contributed by atoms with Gasteiger partial charge in [0.1, 0.15) is 30.2 Å². The van der Waals surface area contributed by atoms with E-state index in [-0.39, 0.29) is 19.4 Å². The van der Waals surface area contributed by atoms with Gasteiger partial charge in [-0.1, -0.05) is 32.0 Å². The molecule has 48 heavy (non-hydrogen) atoms. The van der Waals surface area contributed by atoms with Crippen molar-refractivity contribution in [3.63, 3.8) is 0 Å². The van der Waals surface area contributed by atoms with Crippen LogP contribution >= 0.6 is 0 Å². The normalized spacial score (nSPS) is 19.0. The third-order valence-corrected chi connectivity index (χ3v) is 8.37. The Bertz CT molecular complexity index is 1490. The number of para-hydroxylation sites is 1. The number of carboxylic acid groups (broad SMARTS) is 1. The van der Waals surface area contributed by atoms with Gasteiger partial charge in [0.25, 0.3) is 0 Å². The number of nitrogens with one attached hydrogen (secondary N) is 5. The number of H-pyrrole nitrogens is 1. The molecule has 264 valence electrons. The zero-order valence-corrected chi connectivity index (χ0v) is 27.7. The number of aromatic amines is 1. The van der Waals surface area contributed by atoms with E-state index in [1.807, 2.05) is 24.3 Å². The van der Waals surface area contributed by atoms with Gasteiger partial charge in [0.05, 0.1) is 18.2 Å². The third-order valence-electron chi connectivity index (χ3n) is 8.37. The number of carbonyl (C=O) groups excluding carboxylic acids is 5. The van der Waals surface area contributed by atoms with E-state index in [1.165, 1.54) is 25.7 Å². The minimum Gasteiger partial charge on any atom is -0.480 e. The van der Waals surface area contributed by atoms with Crippen molar-refractivity contribution in [3.05, 3.63) is 36.0 Å². The number of aliphatic carboxylic acids is 1. The van der Waals surface area contributed by atoms with E-state index in [2.05, 4.69) is 26.3 Å². The van der Waals surface area contributed by atoms with Gasteiger partial charge in [-0.3, -0.25) is 28.8 Å². The molecule has 0 radical (unpaired) electrons. The molecule has 1 aromatic heterocycles. The van der Waals surface area contributed by atoms with Crippen molar-refractivity contribution in [1.29, 1.82) is 0 Å². The van der Waals surface area contributed by atoms with Crippen molar-refractivity contribution in [2.24, 2.45) is 11.7 Å². The molecular formula is C32H47N7O9. The van der Waals surface area contributed by atoms with Crippen LogP contribution in [0.3, 0.4) is 0 Å². The Hall–Kier alpha value is -4.54. The number of amides is 5. The summed E-state index contributed by atoms with van der Waals surface area (Å²) in [6.07, 6.45) is -0.158. The minimum atomic E-state index is -1.49. The Kier molecular flexibility index (Phi) is 13.1. The first-order chi connectivity index (χ1) is 22.5. The van der Waals surface area contributed by atoms with Crippen molar-refractivity contribution >= 4 is 46.4 Å². The Balaban J connectivity index is 1.69. The van der Waals surface area contributed by atoms with E-state index >= 15 is 0 Å². The van der Waals surface area contributed by atoms with Gasteiger partial charge in [0.2, 0.25) is 29.5 Å². The van der Waals surface area contributed by atoms with Crippen LogP contribution in [0.5, 0.6) is 0 Å². The molecule has 1 fully saturated rings. The molecule has 10 N–H and O–H groups in total. The maximum atomic E-state index is 13.8. The van der Waals surface area contributed by atoms with Gasteiger partial charge >= 0.3 is 5.97 Å². The monoisotopic (exact) mass is 673 g/mol. The van der Waals surface area contributed by atoms with Crippen LogP contribution in [0.1, 0.15) is 53.0 Å². The van der Waals surface area contributed by atoms with Crippen LogP contribution in [0, 0.1) is 5.92 Å². The first kappa shape index (κ1) is 37.9. The first-order valence-electron chi connectivity index (χ1n) is 15.9. The number of aliphatic hydroxyl groups excluding tert-OH is 2. The van der Waals surface area contributed by atoms with Gasteiger partial charge in [-0.2, -0.15) is 0 Å². The van der Waals surface area contributed by atoms with E-state index in [4.69, 9.17) is 10.8 Å². The summed E-state index contributed by atoms with van der Waals surface area (Å²) >= 11 is 0. The smallest absolute Gasteiger partial charge is 0.325 e. The molecule has 3 rings (SSSR count). The molecule has 0 bridgehead atoms. The van der Waals surface area contributed by atoms with E-state index in [1.54, 1.807) is 20.0 Å². The molecule has 2 heterocycles. The number of carbonyl (C=O) groups is 6. The van der Waals surface area contributed by atoms with Crippen LogP contribution in [0.15, 0.2) is 30.5 Å². The average molecular weight is 674 g/mol. The van der Waals surface area contributed by atoms with Gasteiger partial charge in [0, 0.05) is 23.6 Å². The summed E-state index contributed by atoms with van der Waals surface area (Å²) in [6.45, 7) is 7.32. The summed E-state index contributed by atoms with van der Waals surface area (Å²) in [5, 5.41) is 40.3. The van der Waals surface area contributed by atoms with E-state index in [9.17, 15) is 39.0 Å². The maximum absolute atomic E-state index is 13.8. The van der Waals surface area contributed by atoms with Crippen LogP contribution in [-0.4, -0.2) is 116 Å². The zero-order valence-electron chi connectivity index (χ0n) is 27.7. The summed E-state index contributed by atoms with van der Waals surface area (Å²) in [7, 11) is 0. The number of likely N-dealkylation sites (tertiary alicyclic amines) is 1. The van der Waals surface area contributed by atoms with Crippen molar-refractivity contribution in [2.45, 2.75) is 102 Å². The molecule has 1 saturated heterocycles. The number of nitrogens with two attached hydrogens (primary N) is 1. The van der Waals surface area contributed by atoms with E-state index < -0.39 is 89.9 Å². The topological polar surface area (TPSA) is 256 Å². The number of hydrogen-bond donors (Lipinski definition) is 9. The SMILES string of the molecule is CC(NC(=O)C(NC(=O)C1CCCN1C(=O)C(NC(=O)C(NC(=O)C(N)Cc1c[nH]c2ccccc12)C(C)O)C(C)C)C(C)O)C(=O)O. The lowest BCUT2D eigenvalue weighted by atomic mass is 10.0. The van der Waals surface area contributed by atoms with Crippen molar-refractivity contribution in [1.82, 2.24) is 31.2 Å². The highest BCUT2D eigenvalue weighted by atomic mass is 16.4. The van der Waals surface area contributed by atoms with Gasteiger partial charge in [0.15, 0.2) is 0 Å². The number of aliphatic hydroxyl groups is 2. The summed E-state index contributed by atoms with van der Waals surface area (Å²) in [4.78, 5) is 81.7. The number of nitrogens with zero attached hydrogens (tertiary/aromatic N) is 1. The molecule has 0 spiro atoms. The van der Waals surface area contributed by atoms with Gasteiger partial charge in [-0.15, -0.1) is 0 Å². The number of carboxylic acids is 1. The average Bonchev–Trinajstić information content (AvgIpc) is 3.68. The van der Waals surface area contributed by atoms with Crippen LogP contribution < -0.4 is 27.0 Å². The standard InChI is InChI=1S/C32H47N7O9/c1-15(2)24(31(46)39-12-8-11-23(39)28(43)38-25(17(4)40)29(44)35-16(3)32(47)48)36-30(45)26(18(5)41)37-27(42)21(33)13-19-14-34-22-10-7-6-9-20(19)22/h6-7,9-10,14-18,21,23-26,34,40-41H,8,11-13,33H2,1-5H3,(H,35,44)(H,36,45)(H,37,42)(H,38,43)(H,47,48). The first-order valence-corrected chi connectivity index (χ1v) is 15.9. The quantitative estimate of drug-likeness (QED) is 0.106. The molecule has 0 saturated carbocycles. The molecule has 5 amide bonds. The van der Waals surface area contributed by atoms with Gasteiger partial charge in [-0.25, -0.2) is 0 Å². The van der Waals surface area contributed by atoms with Crippen LogP contribution in [0.2, 0.25) is 0 Å². The molecule has 8 atom stereocenters. The molecule has 1 aliphatic rings. The fourth-order valence-electron chi connectivity index (χ4n) is 5.55. The Morgan fingerprint density at radius 1 is 0.875 bits per heavy atom. The highest BCUT2D eigenvalue weighted by molar-refractivity contribution is 5.97. The molecule has 8 unspecified atom stereocenters. The largest absolute Gasteiger partial charge is 0.480 e. The van der Waals surface area contributed by atoms with Crippen LogP contribution in [-0.2, 0) is 35.2 Å². The zero-order chi connectivity index (χ0) is 35.9. The fraction of sp³-hybridized carbons (Fsp3) is 0.562. The second-order valence-corrected chi connectivity index (χ2v) is 12.6. The minimum absolute atomic E-state index is 0.158. The number of aromatic nitrogens is 1. The molecule has 2 aromatic rings. The third kappa shape index (κ3) is 9.29. The second-order valence-electron chi connectivity index (χ2n) is 12.6. The summed E-state index contributed by atoms with van der Waals surface area (Å²) in [5.74, 6) is -5.54. The van der Waals surface area contributed by atoms with E-state index in [0.717, 1.165) is 16.5 Å². The lowest BCUT2D eigenvalue weighted by Crippen LogP contribution is -2.62. The fourth-order valence-corrected chi connectivity index (χ4v) is 5.55. The molecular weight excluding hydrogens is 626 g/mol. The van der Waals surface area contributed by atoms with E-state index in [0.29, 0.717) is 6.42 Å². The van der Waals surface area contributed by atoms with Gasteiger partial charge in [-0.05, 0) is 57.6 Å². The van der Waals surface area contributed by atoms with Gasteiger partial charge < -0.3 is 52.2 Å². The van der Waals surface area contributed by atoms with Crippen molar-refractivity contribution in [3.8, 4) is 0 Å². The molecule has 16 heteroatoms. The Labute approximate surface area is 278 Å². The number of fused-ring (bicyclic) bond motifs is 1. The molecule has 16 nitrogen and oxygen atoms in total. The second kappa shape index (κ2) is 16.5. The highest BCUT2D eigenvalue weighted by Crippen LogP contribution is 2.22. The maximum Gasteiger partial charge on any atom is 0.325 e. The van der Waals surface area contributed by atoms with Crippen LogP contribution in [0.4, 0.5) is 0 Å². The molecule has 1 aromatic carbocycles. The van der Waals surface area contributed by atoms with Crippen molar-refractivity contribution in [2.75, 3.05) is 6.54 Å². The van der Waals surface area contributed by atoms with Crippen molar-refractivity contribution < 1.29 is 44.1 Å². The Morgan fingerprint density at radius 3 is 2.06 bits per heavy atom. The lowest BCUT2D eigenvalue weighted by molar-refractivity contribution is -0.145. The molecule has 1 aliphatic heterocycles. The van der Waals surface area contributed by atoms with Crippen LogP contribution in [0.25, 0.3) is 10.9 Å². The predicted octanol–water partition coefficient (Wildman–Crippen LogP) is -1.51. The summed E-state index contributed by atoms with van der Waals surface area (Å²) < 4.78 is 0.